The standard InChI is InChI=1S/C16H25NO3/c1-10(13-8-11-3-4-12(13)7-11)17-14(18)9-16(15(19)20)5-2-6-16/h10-13H,2-9H2,1H3,(H,17,18)(H,19,20). The molecule has 3 aliphatic carbocycles. The molecule has 0 aromatic carbocycles. The predicted octanol–water partition coefficient (Wildman–Crippen LogP) is 2.57. The molecule has 2 bridgehead atoms. The molecular weight excluding hydrogens is 254 g/mol. The highest BCUT2D eigenvalue weighted by molar-refractivity contribution is 5.85. The van der Waals surface area contributed by atoms with Crippen molar-refractivity contribution in [2.24, 2.45) is 23.2 Å². The van der Waals surface area contributed by atoms with Gasteiger partial charge in [0.05, 0.1) is 5.41 Å². The molecule has 3 rings (SSSR count). The molecule has 4 atom stereocenters. The van der Waals surface area contributed by atoms with Crippen LogP contribution in [0.5, 0.6) is 0 Å². The van der Waals surface area contributed by atoms with Gasteiger partial charge in [0.25, 0.3) is 0 Å². The number of rotatable bonds is 5. The molecule has 4 nitrogen and oxygen atoms in total. The Labute approximate surface area is 120 Å². The number of carboxylic acids is 1. The number of nitrogens with one attached hydrogen (secondary N) is 1. The lowest BCUT2D eigenvalue weighted by Gasteiger charge is -2.37. The Hall–Kier alpha value is -1.06. The van der Waals surface area contributed by atoms with Crippen molar-refractivity contribution in [1.82, 2.24) is 5.32 Å². The molecule has 0 heterocycles. The second-order valence-electron chi connectivity index (χ2n) is 7.31. The van der Waals surface area contributed by atoms with Crippen molar-refractivity contribution in [3.8, 4) is 0 Å². The van der Waals surface area contributed by atoms with Gasteiger partial charge >= 0.3 is 5.97 Å². The van der Waals surface area contributed by atoms with E-state index in [1.54, 1.807) is 0 Å². The van der Waals surface area contributed by atoms with Gasteiger partial charge in [-0.05, 0) is 56.8 Å². The first-order valence-electron chi connectivity index (χ1n) is 8.03. The largest absolute Gasteiger partial charge is 0.481 e. The van der Waals surface area contributed by atoms with E-state index in [0.29, 0.717) is 18.8 Å². The van der Waals surface area contributed by atoms with Gasteiger partial charge in [0, 0.05) is 12.5 Å². The SMILES string of the molecule is CC(NC(=O)CC1(C(=O)O)CCC1)C1CC2CCC1C2. The monoisotopic (exact) mass is 279 g/mol. The molecule has 4 unspecified atom stereocenters. The van der Waals surface area contributed by atoms with Crippen molar-refractivity contribution in [2.45, 2.75) is 64.3 Å². The highest BCUT2D eigenvalue weighted by Crippen LogP contribution is 2.49. The smallest absolute Gasteiger partial charge is 0.310 e. The van der Waals surface area contributed by atoms with E-state index < -0.39 is 11.4 Å². The van der Waals surface area contributed by atoms with Gasteiger partial charge in [0.15, 0.2) is 0 Å². The van der Waals surface area contributed by atoms with Crippen LogP contribution in [0.1, 0.15) is 58.3 Å². The molecule has 0 aromatic heterocycles. The Bertz CT molecular complexity index is 416. The summed E-state index contributed by atoms with van der Waals surface area (Å²) < 4.78 is 0. The van der Waals surface area contributed by atoms with E-state index in [1.807, 2.05) is 0 Å². The molecule has 2 N–H and O–H groups in total. The highest BCUT2D eigenvalue weighted by Gasteiger charge is 2.47. The molecule has 3 aliphatic rings. The van der Waals surface area contributed by atoms with Gasteiger partial charge in [-0.2, -0.15) is 0 Å². The number of fused-ring (bicyclic) bond motifs is 2. The summed E-state index contributed by atoms with van der Waals surface area (Å²) in [5.41, 5.74) is -0.765. The van der Waals surface area contributed by atoms with E-state index in [2.05, 4.69) is 12.2 Å². The molecule has 1 amide bonds. The molecular formula is C16H25NO3. The Morgan fingerprint density at radius 3 is 2.50 bits per heavy atom. The van der Waals surface area contributed by atoms with Gasteiger partial charge < -0.3 is 10.4 Å². The average molecular weight is 279 g/mol. The highest BCUT2D eigenvalue weighted by atomic mass is 16.4. The maximum absolute atomic E-state index is 12.2. The van der Waals surface area contributed by atoms with Crippen LogP contribution in [-0.4, -0.2) is 23.0 Å². The molecule has 112 valence electrons. The van der Waals surface area contributed by atoms with Crippen molar-refractivity contribution in [1.29, 1.82) is 0 Å². The number of carbonyl (C=O) groups excluding carboxylic acids is 1. The van der Waals surface area contributed by atoms with E-state index in [1.165, 1.54) is 25.7 Å². The van der Waals surface area contributed by atoms with Gasteiger partial charge in [-0.25, -0.2) is 0 Å². The Morgan fingerprint density at radius 1 is 1.30 bits per heavy atom. The van der Waals surface area contributed by atoms with Crippen LogP contribution in [0.4, 0.5) is 0 Å². The molecule has 0 aromatic rings. The summed E-state index contributed by atoms with van der Waals surface area (Å²) >= 11 is 0. The molecule has 3 saturated carbocycles. The van der Waals surface area contributed by atoms with Crippen LogP contribution in [-0.2, 0) is 9.59 Å². The van der Waals surface area contributed by atoms with Crippen LogP contribution in [0.3, 0.4) is 0 Å². The number of carbonyl (C=O) groups is 2. The van der Waals surface area contributed by atoms with Crippen LogP contribution < -0.4 is 5.32 Å². The van der Waals surface area contributed by atoms with E-state index >= 15 is 0 Å². The first-order valence-corrected chi connectivity index (χ1v) is 8.03. The molecule has 0 aliphatic heterocycles. The first kappa shape index (κ1) is 13.9. The molecule has 0 saturated heterocycles. The van der Waals surface area contributed by atoms with E-state index in [0.717, 1.165) is 18.3 Å². The third kappa shape index (κ3) is 2.33. The third-order valence-electron chi connectivity index (χ3n) is 6.09. The normalized spacial score (nSPS) is 35.4. The van der Waals surface area contributed by atoms with Gasteiger partial charge in [-0.3, -0.25) is 9.59 Å². The maximum atomic E-state index is 12.2. The number of amides is 1. The minimum Gasteiger partial charge on any atom is -0.481 e. The molecule has 3 fully saturated rings. The molecule has 4 heteroatoms. The van der Waals surface area contributed by atoms with Crippen molar-refractivity contribution in [3.63, 3.8) is 0 Å². The predicted molar refractivity (Wildman–Crippen MR) is 75.1 cm³/mol. The van der Waals surface area contributed by atoms with E-state index in [4.69, 9.17) is 0 Å². The van der Waals surface area contributed by atoms with Crippen LogP contribution in [0.25, 0.3) is 0 Å². The number of hydrogen-bond donors (Lipinski definition) is 2. The number of carboxylic acid groups (broad SMARTS) is 1. The number of aliphatic carboxylic acids is 1. The average Bonchev–Trinajstić information content (AvgIpc) is 2.95. The Kier molecular flexibility index (Phi) is 3.51. The second kappa shape index (κ2) is 5.05. The van der Waals surface area contributed by atoms with Gasteiger partial charge in [0.1, 0.15) is 0 Å². The molecule has 20 heavy (non-hydrogen) atoms. The number of hydrogen-bond acceptors (Lipinski definition) is 2. The maximum Gasteiger partial charge on any atom is 0.310 e. The summed E-state index contributed by atoms with van der Waals surface area (Å²) in [6.07, 6.45) is 7.66. The van der Waals surface area contributed by atoms with Gasteiger partial charge in [-0.1, -0.05) is 12.8 Å². The zero-order valence-electron chi connectivity index (χ0n) is 12.2. The summed E-state index contributed by atoms with van der Waals surface area (Å²) in [4.78, 5) is 23.5. The minimum atomic E-state index is -0.800. The lowest BCUT2D eigenvalue weighted by Crippen LogP contribution is -2.46. The van der Waals surface area contributed by atoms with E-state index in [9.17, 15) is 14.7 Å². The third-order valence-corrected chi connectivity index (χ3v) is 6.09. The Morgan fingerprint density at radius 2 is 2.05 bits per heavy atom. The quantitative estimate of drug-likeness (QED) is 0.813. The lowest BCUT2D eigenvalue weighted by atomic mass is 9.66. The summed E-state index contributed by atoms with van der Waals surface area (Å²) in [6.45, 7) is 2.09. The van der Waals surface area contributed by atoms with Crippen molar-refractivity contribution in [3.05, 3.63) is 0 Å². The van der Waals surface area contributed by atoms with Gasteiger partial charge in [-0.15, -0.1) is 0 Å². The molecule has 0 radical (unpaired) electrons. The first-order chi connectivity index (χ1) is 9.50. The topological polar surface area (TPSA) is 66.4 Å². The van der Waals surface area contributed by atoms with Crippen molar-refractivity contribution in [2.75, 3.05) is 0 Å². The lowest BCUT2D eigenvalue weighted by molar-refractivity contribution is -0.157. The molecule has 0 spiro atoms. The van der Waals surface area contributed by atoms with Crippen molar-refractivity contribution < 1.29 is 14.7 Å². The zero-order valence-corrected chi connectivity index (χ0v) is 12.2. The van der Waals surface area contributed by atoms with Crippen molar-refractivity contribution >= 4 is 11.9 Å². The summed E-state index contributed by atoms with van der Waals surface area (Å²) in [5, 5.41) is 12.4. The van der Waals surface area contributed by atoms with Crippen LogP contribution in [0.15, 0.2) is 0 Å². The van der Waals surface area contributed by atoms with Crippen LogP contribution in [0, 0.1) is 23.2 Å². The minimum absolute atomic E-state index is 0.0672. The zero-order chi connectivity index (χ0) is 14.3. The fraction of sp³-hybridized carbons (Fsp3) is 0.875. The van der Waals surface area contributed by atoms with Gasteiger partial charge in [0.2, 0.25) is 5.91 Å². The Balaban J connectivity index is 1.52. The van der Waals surface area contributed by atoms with Crippen LogP contribution in [0.2, 0.25) is 0 Å². The fourth-order valence-electron chi connectivity index (χ4n) is 4.70. The fourth-order valence-corrected chi connectivity index (χ4v) is 4.70. The summed E-state index contributed by atoms with van der Waals surface area (Å²) in [7, 11) is 0. The summed E-state index contributed by atoms with van der Waals surface area (Å²) in [6, 6.07) is 0.198. The summed E-state index contributed by atoms with van der Waals surface area (Å²) in [5.74, 6) is 1.41. The second-order valence-corrected chi connectivity index (χ2v) is 7.31. The van der Waals surface area contributed by atoms with E-state index in [-0.39, 0.29) is 18.4 Å². The van der Waals surface area contributed by atoms with Crippen LogP contribution >= 0.6 is 0 Å².